The number of Topliss-reactive ketones (excluding diaryl/α,β-unsaturated/α-hetero) is 1. The highest BCUT2D eigenvalue weighted by Gasteiger charge is 2.09. The normalized spacial score (nSPS) is 10.1. The van der Waals surface area contributed by atoms with Gasteiger partial charge in [0.2, 0.25) is 5.91 Å². The molecule has 1 N–H and O–H groups in total. The minimum Gasteiger partial charge on any atom is -0.326 e. The minimum atomic E-state index is -0.187. The van der Waals surface area contributed by atoms with E-state index in [1.807, 2.05) is 6.92 Å². The van der Waals surface area contributed by atoms with Crippen LogP contribution in [-0.2, 0) is 4.79 Å². The third-order valence-corrected chi connectivity index (χ3v) is 2.74. The molecule has 0 aromatic carbocycles. The fourth-order valence-corrected chi connectivity index (χ4v) is 1.75. The standard InChI is InChI=1S/C15H15N3O2/c1-11-9-13(6-8-17-11)18-15(20)5-4-14(19)12-3-2-7-16-10-12/h2-3,6-10H,4-5H2,1H3,(H,17,18,20). The molecule has 0 aliphatic rings. The third-order valence-electron chi connectivity index (χ3n) is 2.74. The number of nitrogens with zero attached hydrogens (tertiary/aromatic N) is 2. The molecule has 102 valence electrons. The fourth-order valence-electron chi connectivity index (χ4n) is 1.75. The van der Waals surface area contributed by atoms with Gasteiger partial charge in [0.05, 0.1) is 0 Å². The first-order valence-corrected chi connectivity index (χ1v) is 6.31. The summed E-state index contributed by atoms with van der Waals surface area (Å²) in [5.74, 6) is -0.271. The second-order valence-corrected chi connectivity index (χ2v) is 4.40. The molecule has 0 radical (unpaired) electrons. The summed E-state index contributed by atoms with van der Waals surface area (Å²) in [5.41, 5.74) is 2.05. The van der Waals surface area contributed by atoms with E-state index in [-0.39, 0.29) is 24.5 Å². The van der Waals surface area contributed by atoms with Crippen LogP contribution in [0.2, 0.25) is 0 Å². The Morgan fingerprint density at radius 2 is 2.05 bits per heavy atom. The number of hydrogen-bond acceptors (Lipinski definition) is 4. The topological polar surface area (TPSA) is 72.0 Å². The van der Waals surface area contributed by atoms with Crippen molar-refractivity contribution in [2.75, 3.05) is 5.32 Å². The Kier molecular flexibility index (Phi) is 4.55. The summed E-state index contributed by atoms with van der Waals surface area (Å²) in [5, 5.41) is 2.74. The number of aryl methyl sites for hydroxylation is 1. The quantitative estimate of drug-likeness (QED) is 0.846. The van der Waals surface area contributed by atoms with Crippen molar-refractivity contribution in [3.05, 3.63) is 54.1 Å². The highest BCUT2D eigenvalue weighted by atomic mass is 16.2. The number of rotatable bonds is 5. The third kappa shape index (κ3) is 3.98. The van der Waals surface area contributed by atoms with Gasteiger partial charge in [0.15, 0.2) is 5.78 Å². The fraction of sp³-hybridized carbons (Fsp3) is 0.200. The van der Waals surface area contributed by atoms with Crippen LogP contribution in [0.15, 0.2) is 42.9 Å². The second kappa shape index (κ2) is 6.56. The molecule has 20 heavy (non-hydrogen) atoms. The molecule has 2 aromatic rings. The smallest absolute Gasteiger partial charge is 0.224 e. The summed E-state index contributed by atoms with van der Waals surface area (Å²) < 4.78 is 0. The van der Waals surface area contributed by atoms with Crippen LogP contribution in [0.1, 0.15) is 28.9 Å². The second-order valence-electron chi connectivity index (χ2n) is 4.40. The molecular weight excluding hydrogens is 254 g/mol. The molecule has 0 saturated heterocycles. The van der Waals surface area contributed by atoms with Crippen LogP contribution < -0.4 is 5.32 Å². The molecular formula is C15H15N3O2. The van der Waals surface area contributed by atoms with Crippen molar-refractivity contribution in [2.24, 2.45) is 0 Å². The Balaban J connectivity index is 1.85. The molecule has 0 bridgehead atoms. The minimum absolute atomic E-state index is 0.0841. The lowest BCUT2D eigenvalue weighted by Crippen LogP contribution is -2.13. The lowest BCUT2D eigenvalue weighted by molar-refractivity contribution is -0.116. The average Bonchev–Trinajstić information content (AvgIpc) is 2.46. The van der Waals surface area contributed by atoms with Crippen molar-refractivity contribution in [1.82, 2.24) is 9.97 Å². The summed E-state index contributed by atoms with van der Waals surface area (Å²) in [6.07, 6.45) is 5.06. The van der Waals surface area contributed by atoms with E-state index in [4.69, 9.17) is 0 Å². The molecule has 2 aromatic heterocycles. The highest BCUT2D eigenvalue weighted by Crippen LogP contribution is 2.09. The average molecular weight is 269 g/mol. The van der Waals surface area contributed by atoms with E-state index in [1.165, 1.54) is 6.20 Å². The molecule has 0 fully saturated rings. The number of ketones is 1. The first-order valence-electron chi connectivity index (χ1n) is 6.31. The van der Waals surface area contributed by atoms with Gasteiger partial charge in [0, 0.05) is 48.4 Å². The van der Waals surface area contributed by atoms with Gasteiger partial charge >= 0.3 is 0 Å². The molecule has 0 aliphatic carbocycles. The van der Waals surface area contributed by atoms with Crippen molar-refractivity contribution in [3.8, 4) is 0 Å². The number of carbonyl (C=O) groups is 2. The maximum atomic E-state index is 11.8. The maximum Gasteiger partial charge on any atom is 0.224 e. The van der Waals surface area contributed by atoms with Gasteiger partial charge in [-0.25, -0.2) is 0 Å². The molecule has 0 aliphatic heterocycles. The van der Waals surface area contributed by atoms with Crippen molar-refractivity contribution >= 4 is 17.4 Å². The van der Waals surface area contributed by atoms with Gasteiger partial charge in [0.1, 0.15) is 0 Å². The molecule has 0 atom stereocenters. The summed E-state index contributed by atoms with van der Waals surface area (Å²) in [4.78, 5) is 31.5. The Morgan fingerprint density at radius 1 is 1.20 bits per heavy atom. The van der Waals surface area contributed by atoms with Crippen LogP contribution in [0, 0.1) is 6.92 Å². The van der Waals surface area contributed by atoms with Crippen LogP contribution in [0.25, 0.3) is 0 Å². The van der Waals surface area contributed by atoms with Crippen LogP contribution >= 0.6 is 0 Å². The lowest BCUT2D eigenvalue weighted by Gasteiger charge is -2.05. The van der Waals surface area contributed by atoms with Crippen molar-refractivity contribution in [2.45, 2.75) is 19.8 Å². The number of nitrogens with one attached hydrogen (secondary N) is 1. The number of hydrogen-bond donors (Lipinski definition) is 1. The van der Waals surface area contributed by atoms with Gasteiger partial charge in [-0.1, -0.05) is 0 Å². The molecule has 0 saturated carbocycles. The predicted octanol–water partition coefficient (Wildman–Crippen LogP) is 2.39. The van der Waals surface area contributed by atoms with Crippen molar-refractivity contribution < 1.29 is 9.59 Å². The largest absolute Gasteiger partial charge is 0.326 e. The lowest BCUT2D eigenvalue weighted by atomic mass is 10.1. The van der Waals surface area contributed by atoms with Crippen LogP contribution in [0.4, 0.5) is 5.69 Å². The van der Waals surface area contributed by atoms with Crippen LogP contribution in [0.5, 0.6) is 0 Å². The van der Waals surface area contributed by atoms with Crippen LogP contribution in [0.3, 0.4) is 0 Å². The van der Waals surface area contributed by atoms with E-state index >= 15 is 0 Å². The Hall–Kier alpha value is -2.56. The molecule has 1 amide bonds. The van der Waals surface area contributed by atoms with Gasteiger partial charge in [-0.05, 0) is 31.2 Å². The van der Waals surface area contributed by atoms with E-state index in [9.17, 15) is 9.59 Å². The molecule has 2 heterocycles. The summed E-state index contributed by atoms with van der Waals surface area (Å²) in [6.45, 7) is 1.85. The zero-order valence-electron chi connectivity index (χ0n) is 11.2. The van der Waals surface area contributed by atoms with Gasteiger partial charge in [0.25, 0.3) is 0 Å². The van der Waals surface area contributed by atoms with Gasteiger partial charge < -0.3 is 5.32 Å². The van der Waals surface area contributed by atoms with E-state index in [0.717, 1.165) is 5.69 Å². The summed E-state index contributed by atoms with van der Waals surface area (Å²) in [7, 11) is 0. The first kappa shape index (κ1) is 13.9. The highest BCUT2D eigenvalue weighted by molar-refractivity contribution is 5.99. The molecule has 5 heteroatoms. The summed E-state index contributed by atoms with van der Waals surface area (Å²) >= 11 is 0. The number of aromatic nitrogens is 2. The monoisotopic (exact) mass is 269 g/mol. The number of amides is 1. The SMILES string of the molecule is Cc1cc(NC(=O)CCC(=O)c2cccnc2)ccn1. The van der Waals surface area contributed by atoms with Gasteiger partial charge in [-0.2, -0.15) is 0 Å². The van der Waals surface area contributed by atoms with Crippen LogP contribution in [-0.4, -0.2) is 21.7 Å². The Bertz CT molecular complexity index is 612. The molecule has 0 spiro atoms. The van der Waals surface area contributed by atoms with Crippen molar-refractivity contribution in [3.63, 3.8) is 0 Å². The zero-order chi connectivity index (χ0) is 14.4. The zero-order valence-corrected chi connectivity index (χ0v) is 11.2. The number of anilines is 1. The van der Waals surface area contributed by atoms with Gasteiger partial charge in [-0.3, -0.25) is 19.6 Å². The summed E-state index contributed by atoms with van der Waals surface area (Å²) in [6, 6.07) is 6.89. The van der Waals surface area contributed by atoms with Gasteiger partial charge in [-0.15, -0.1) is 0 Å². The molecule has 0 unspecified atom stereocenters. The maximum absolute atomic E-state index is 11.8. The first-order chi connectivity index (χ1) is 9.65. The number of pyridine rings is 2. The van der Waals surface area contributed by atoms with E-state index in [2.05, 4.69) is 15.3 Å². The van der Waals surface area contributed by atoms with E-state index < -0.39 is 0 Å². The Labute approximate surface area is 117 Å². The predicted molar refractivity (Wildman–Crippen MR) is 75.4 cm³/mol. The Morgan fingerprint density at radius 3 is 2.75 bits per heavy atom. The molecule has 2 rings (SSSR count). The van der Waals surface area contributed by atoms with E-state index in [1.54, 1.807) is 36.7 Å². The number of carbonyl (C=O) groups excluding carboxylic acids is 2. The van der Waals surface area contributed by atoms with E-state index in [0.29, 0.717) is 11.3 Å². The molecule has 5 nitrogen and oxygen atoms in total. The van der Waals surface area contributed by atoms with Crippen molar-refractivity contribution in [1.29, 1.82) is 0 Å².